The summed E-state index contributed by atoms with van der Waals surface area (Å²) in [5, 5.41) is 5.55. The highest BCUT2D eigenvalue weighted by atomic mass is 16.2. The first-order chi connectivity index (χ1) is 11.6. The van der Waals surface area contributed by atoms with E-state index >= 15 is 0 Å². The molecule has 0 unspecified atom stereocenters. The number of aromatic nitrogens is 3. The molecular formula is C16H15N5O3. The Labute approximate surface area is 136 Å². The third-order valence-electron chi connectivity index (χ3n) is 3.42. The van der Waals surface area contributed by atoms with Crippen molar-refractivity contribution in [2.24, 2.45) is 0 Å². The van der Waals surface area contributed by atoms with Gasteiger partial charge in [0.05, 0.1) is 17.3 Å². The van der Waals surface area contributed by atoms with Crippen molar-refractivity contribution in [2.45, 2.75) is 6.42 Å². The van der Waals surface area contributed by atoms with E-state index < -0.39 is 11.5 Å². The Hall–Kier alpha value is -3.42. The molecule has 1 aromatic carbocycles. The maximum Gasteiger partial charge on any atom is 0.261 e. The largest absolute Gasteiger partial charge is 0.351 e. The third kappa shape index (κ3) is 3.32. The SMILES string of the molecule is O=C(CCNC(=O)c1c[nH]c2nc[nH]c(=O)c12)Nc1ccccc1. The number of benzene rings is 1. The Bertz CT molecular complexity index is 930. The van der Waals surface area contributed by atoms with Crippen LogP contribution in [0.4, 0.5) is 5.69 Å². The Morgan fingerprint density at radius 1 is 1.12 bits per heavy atom. The molecule has 0 saturated carbocycles. The molecule has 0 aliphatic heterocycles. The van der Waals surface area contributed by atoms with Crippen molar-refractivity contribution in [1.82, 2.24) is 20.3 Å². The molecule has 8 nitrogen and oxygen atoms in total. The molecule has 2 amide bonds. The van der Waals surface area contributed by atoms with Crippen LogP contribution >= 0.6 is 0 Å². The molecule has 8 heteroatoms. The first-order valence-corrected chi connectivity index (χ1v) is 7.33. The highest BCUT2D eigenvalue weighted by Gasteiger charge is 2.15. The van der Waals surface area contributed by atoms with Gasteiger partial charge in [0.15, 0.2) is 0 Å². The fourth-order valence-electron chi connectivity index (χ4n) is 2.28. The molecule has 0 radical (unpaired) electrons. The van der Waals surface area contributed by atoms with E-state index in [1.165, 1.54) is 12.5 Å². The van der Waals surface area contributed by atoms with Crippen molar-refractivity contribution in [3.05, 3.63) is 58.8 Å². The number of hydrogen-bond acceptors (Lipinski definition) is 4. The number of nitrogens with zero attached hydrogens (tertiary/aromatic N) is 1. The minimum Gasteiger partial charge on any atom is -0.351 e. The molecule has 0 saturated heterocycles. The average Bonchev–Trinajstić information content (AvgIpc) is 3.01. The monoisotopic (exact) mass is 325 g/mol. The lowest BCUT2D eigenvalue weighted by atomic mass is 10.2. The van der Waals surface area contributed by atoms with Crippen molar-refractivity contribution < 1.29 is 9.59 Å². The first kappa shape index (κ1) is 15.5. The summed E-state index contributed by atoms with van der Waals surface area (Å²) in [7, 11) is 0. The summed E-state index contributed by atoms with van der Waals surface area (Å²) in [6.45, 7) is 0.155. The molecular weight excluding hydrogens is 310 g/mol. The van der Waals surface area contributed by atoms with Crippen molar-refractivity contribution in [2.75, 3.05) is 11.9 Å². The van der Waals surface area contributed by atoms with Crippen LogP contribution < -0.4 is 16.2 Å². The quantitative estimate of drug-likeness (QED) is 0.559. The predicted molar refractivity (Wildman–Crippen MR) is 88.7 cm³/mol. The highest BCUT2D eigenvalue weighted by Crippen LogP contribution is 2.10. The predicted octanol–water partition coefficient (Wildman–Crippen LogP) is 1.01. The number of nitrogens with one attached hydrogen (secondary N) is 4. The summed E-state index contributed by atoms with van der Waals surface area (Å²) in [4.78, 5) is 44.9. The van der Waals surface area contributed by atoms with E-state index in [1.807, 2.05) is 18.2 Å². The molecule has 2 aromatic heterocycles. The van der Waals surface area contributed by atoms with Gasteiger partial charge in [0.1, 0.15) is 5.65 Å². The maximum absolute atomic E-state index is 12.2. The zero-order valence-electron chi connectivity index (χ0n) is 12.6. The lowest BCUT2D eigenvalue weighted by Crippen LogP contribution is -2.28. The Morgan fingerprint density at radius 2 is 1.92 bits per heavy atom. The summed E-state index contributed by atoms with van der Waals surface area (Å²) in [6.07, 6.45) is 2.81. The zero-order chi connectivity index (χ0) is 16.9. The number of anilines is 1. The van der Waals surface area contributed by atoms with Crippen LogP contribution in [0.2, 0.25) is 0 Å². The normalized spacial score (nSPS) is 10.5. The number of H-pyrrole nitrogens is 2. The first-order valence-electron chi connectivity index (χ1n) is 7.33. The van der Waals surface area contributed by atoms with Crippen LogP contribution in [-0.4, -0.2) is 33.3 Å². The lowest BCUT2D eigenvalue weighted by molar-refractivity contribution is -0.116. The molecule has 0 fully saturated rings. The van der Waals surface area contributed by atoms with Crippen LogP contribution in [0.1, 0.15) is 16.8 Å². The number of aromatic amines is 2. The molecule has 0 aliphatic carbocycles. The molecule has 0 atom stereocenters. The van der Waals surface area contributed by atoms with E-state index in [4.69, 9.17) is 0 Å². The summed E-state index contributed by atoms with van der Waals surface area (Å²) < 4.78 is 0. The minimum atomic E-state index is -0.438. The minimum absolute atomic E-state index is 0.123. The fourth-order valence-corrected chi connectivity index (χ4v) is 2.28. The van der Waals surface area contributed by atoms with E-state index in [0.29, 0.717) is 11.3 Å². The van der Waals surface area contributed by atoms with E-state index in [9.17, 15) is 14.4 Å². The molecule has 2 heterocycles. The second-order valence-electron chi connectivity index (χ2n) is 5.08. The maximum atomic E-state index is 12.2. The van der Waals surface area contributed by atoms with E-state index in [-0.39, 0.29) is 29.8 Å². The standard InChI is InChI=1S/C16H15N5O3/c22-12(21-10-4-2-1-3-5-10)6-7-17-15(23)11-8-18-14-13(11)16(24)20-9-19-14/h1-5,8-9H,6-7H2,(H,17,23)(H,21,22)(H2,18,19,20,24). The van der Waals surface area contributed by atoms with E-state index in [1.54, 1.807) is 12.1 Å². The summed E-state index contributed by atoms with van der Waals surface area (Å²) in [5.74, 6) is -0.646. The second-order valence-corrected chi connectivity index (χ2v) is 5.08. The van der Waals surface area contributed by atoms with Crippen LogP contribution in [0, 0.1) is 0 Å². The van der Waals surface area contributed by atoms with Gasteiger partial charge in [0, 0.05) is 24.8 Å². The van der Waals surface area contributed by atoms with Crippen LogP contribution in [0.15, 0.2) is 47.7 Å². The molecule has 122 valence electrons. The number of fused-ring (bicyclic) bond motifs is 1. The molecule has 3 aromatic rings. The molecule has 3 rings (SSSR count). The van der Waals surface area contributed by atoms with Crippen molar-refractivity contribution in [3.8, 4) is 0 Å². The third-order valence-corrected chi connectivity index (χ3v) is 3.42. The van der Waals surface area contributed by atoms with Gasteiger partial charge in [-0.15, -0.1) is 0 Å². The van der Waals surface area contributed by atoms with Gasteiger partial charge in [-0.25, -0.2) is 4.98 Å². The summed E-state index contributed by atoms with van der Waals surface area (Å²) >= 11 is 0. The number of amides is 2. The average molecular weight is 325 g/mol. The summed E-state index contributed by atoms with van der Waals surface area (Å²) in [5.41, 5.74) is 0.838. The van der Waals surface area contributed by atoms with E-state index in [2.05, 4.69) is 25.6 Å². The van der Waals surface area contributed by atoms with Crippen molar-refractivity contribution in [3.63, 3.8) is 0 Å². The van der Waals surface area contributed by atoms with Crippen LogP contribution in [0.5, 0.6) is 0 Å². The number of carbonyl (C=O) groups excluding carboxylic acids is 2. The molecule has 24 heavy (non-hydrogen) atoms. The molecule has 0 spiro atoms. The highest BCUT2D eigenvalue weighted by molar-refractivity contribution is 6.05. The molecule has 4 N–H and O–H groups in total. The lowest BCUT2D eigenvalue weighted by Gasteiger charge is -2.06. The number of hydrogen-bond donors (Lipinski definition) is 4. The summed E-state index contributed by atoms with van der Waals surface area (Å²) in [6, 6.07) is 9.05. The Kier molecular flexibility index (Phi) is 4.37. The van der Waals surface area contributed by atoms with Gasteiger partial charge in [-0.05, 0) is 12.1 Å². The number of carbonyl (C=O) groups is 2. The van der Waals surface area contributed by atoms with Gasteiger partial charge in [-0.1, -0.05) is 18.2 Å². The van der Waals surface area contributed by atoms with Crippen LogP contribution in [-0.2, 0) is 4.79 Å². The van der Waals surface area contributed by atoms with Gasteiger partial charge in [0.2, 0.25) is 5.91 Å². The van der Waals surface area contributed by atoms with Gasteiger partial charge in [0.25, 0.3) is 11.5 Å². The van der Waals surface area contributed by atoms with Gasteiger partial charge in [-0.3, -0.25) is 14.4 Å². The topological polar surface area (TPSA) is 120 Å². The molecule has 0 aliphatic rings. The van der Waals surface area contributed by atoms with Gasteiger partial charge in [-0.2, -0.15) is 0 Å². The van der Waals surface area contributed by atoms with Crippen LogP contribution in [0.25, 0.3) is 11.0 Å². The Morgan fingerprint density at radius 3 is 2.71 bits per heavy atom. The van der Waals surface area contributed by atoms with Crippen LogP contribution in [0.3, 0.4) is 0 Å². The molecule has 0 bridgehead atoms. The second kappa shape index (κ2) is 6.78. The van der Waals surface area contributed by atoms with E-state index in [0.717, 1.165) is 0 Å². The number of rotatable bonds is 5. The van der Waals surface area contributed by atoms with Crippen molar-refractivity contribution >= 4 is 28.5 Å². The van der Waals surface area contributed by atoms with Crippen molar-refractivity contribution in [1.29, 1.82) is 0 Å². The Balaban J connectivity index is 1.57. The van der Waals surface area contributed by atoms with Gasteiger partial charge < -0.3 is 20.6 Å². The zero-order valence-corrected chi connectivity index (χ0v) is 12.6. The number of para-hydroxylation sites is 1. The smallest absolute Gasteiger partial charge is 0.261 e. The fraction of sp³-hybridized carbons (Fsp3) is 0.125. The van der Waals surface area contributed by atoms with Gasteiger partial charge >= 0.3 is 0 Å².